The molecule has 1 aromatic heterocycles. The maximum absolute atomic E-state index is 6.21. The largest absolute Gasteiger partial charge is 0.493 e. The molecule has 24 heavy (non-hydrogen) atoms. The Hall–Kier alpha value is -1.98. The highest BCUT2D eigenvalue weighted by molar-refractivity contribution is 6.32. The van der Waals surface area contributed by atoms with Gasteiger partial charge in [0.05, 0.1) is 19.2 Å². The number of pyridine rings is 1. The van der Waals surface area contributed by atoms with Crippen LogP contribution in [0.1, 0.15) is 18.4 Å². The van der Waals surface area contributed by atoms with E-state index >= 15 is 0 Å². The van der Waals surface area contributed by atoms with E-state index < -0.39 is 0 Å². The topological polar surface area (TPSA) is 55.4 Å². The Bertz CT molecular complexity index is 623. The third-order valence-corrected chi connectivity index (χ3v) is 3.85. The zero-order valence-electron chi connectivity index (χ0n) is 14.1. The summed E-state index contributed by atoms with van der Waals surface area (Å²) >= 11 is 6.21. The molecule has 0 radical (unpaired) electrons. The lowest BCUT2D eigenvalue weighted by molar-refractivity contribution is 0.354. The molecule has 0 atom stereocenters. The minimum Gasteiger partial charge on any atom is -0.493 e. The van der Waals surface area contributed by atoms with Crippen LogP contribution in [0.2, 0.25) is 5.02 Å². The maximum Gasteiger partial charge on any atom is 0.179 e. The van der Waals surface area contributed by atoms with Gasteiger partial charge in [-0.25, -0.2) is 4.98 Å². The lowest BCUT2D eigenvalue weighted by Gasteiger charge is -2.12. The number of anilines is 1. The predicted octanol–water partition coefficient (Wildman–Crippen LogP) is 3.73. The Morgan fingerprint density at radius 1 is 1.08 bits per heavy atom. The van der Waals surface area contributed by atoms with E-state index in [0.717, 1.165) is 43.9 Å². The summed E-state index contributed by atoms with van der Waals surface area (Å²) < 4.78 is 10.5. The summed E-state index contributed by atoms with van der Waals surface area (Å²) in [5.41, 5.74) is 1.07. The number of halogens is 1. The number of hydrogen-bond acceptors (Lipinski definition) is 5. The summed E-state index contributed by atoms with van der Waals surface area (Å²) in [4.78, 5) is 4.23. The van der Waals surface area contributed by atoms with Crippen LogP contribution in [0.4, 0.5) is 5.82 Å². The number of nitrogens with one attached hydrogen (secondary N) is 2. The first-order valence-electron chi connectivity index (χ1n) is 8.00. The number of unbranched alkanes of at least 4 members (excludes halogenated alkanes) is 1. The van der Waals surface area contributed by atoms with Gasteiger partial charge >= 0.3 is 0 Å². The summed E-state index contributed by atoms with van der Waals surface area (Å²) in [6.45, 7) is 2.60. The van der Waals surface area contributed by atoms with Gasteiger partial charge in [0.2, 0.25) is 0 Å². The second-order valence-electron chi connectivity index (χ2n) is 5.34. The molecular formula is C18H24ClN3O2. The summed E-state index contributed by atoms with van der Waals surface area (Å²) in [7, 11) is 3.20. The van der Waals surface area contributed by atoms with Crippen LogP contribution in [-0.2, 0) is 6.54 Å². The standard InChI is InChI=1S/C18H24ClN3O2/c1-23-16-12-14(11-15(19)18(16)24-2)13-20-8-5-6-10-22-17-7-3-4-9-21-17/h3-4,7,9,11-12,20H,5-6,8,10,13H2,1-2H3,(H,21,22). The molecule has 0 aliphatic heterocycles. The molecular weight excluding hydrogens is 326 g/mol. The first-order valence-corrected chi connectivity index (χ1v) is 8.38. The summed E-state index contributed by atoms with van der Waals surface area (Å²) in [6, 6.07) is 9.71. The Labute approximate surface area is 148 Å². The van der Waals surface area contributed by atoms with Gasteiger partial charge < -0.3 is 20.1 Å². The number of hydrogen-bond donors (Lipinski definition) is 2. The second kappa shape index (κ2) is 10.0. The van der Waals surface area contributed by atoms with Gasteiger partial charge in [-0.3, -0.25) is 0 Å². The molecule has 0 aliphatic rings. The number of benzene rings is 1. The van der Waals surface area contributed by atoms with Gasteiger partial charge in [-0.2, -0.15) is 0 Å². The first-order chi connectivity index (χ1) is 11.7. The number of methoxy groups -OCH3 is 2. The van der Waals surface area contributed by atoms with Gasteiger partial charge in [0.25, 0.3) is 0 Å². The van der Waals surface area contributed by atoms with E-state index in [1.807, 2.05) is 30.3 Å². The van der Waals surface area contributed by atoms with Crippen molar-refractivity contribution in [2.75, 3.05) is 32.6 Å². The molecule has 6 heteroatoms. The van der Waals surface area contributed by atoms with Crippen LogP contribution < -0.4 is 20.1 Å². The minimum atomic E-state index is 0.563. The van der Waals surface area contributed by atoms with Gasteiger partial charge in [-0.05, 0) is 49.2 Å². The van der Waals surface area contributed by atoms with Crippen LogP contribution in [0, 0.1) is 0 Å². The van der Waals surface area contributed by atoms with Crippen molar-refractivity contribution in [3.63, 3.8) is 0 Å². The molecule has 5 nitrogen and oxygen atoms in total. The Balaban J connectivity index is 1.66. The zero-order chi connectivity index (χ0) is 17.2. The highest BCUT2D eigenvalue weighted by Crippen LogP contribution is 2.35. The molecule has 2 aromatic rings. The third kappa shape index (κ3) is 5.58. The SMILES string of the molecule is COc1cc(CNCCCCNc2ccccn2)cc(Cl)c1OC. The van der Waals surface area contributed by atoms with Crippen molar-refractivity contribution in [3.05, 3.63) is 47.1 Å². The van der Waals surface area contributed by atoms with Crippen molar-refractivity contribution in [2.45, 2.75) is 19.4 Å². The monoisotopic (exact) mass is 349 g/mol. The molecule has 2 N–H and O–H groups in total. The van der Waals surface area contributed by atoms with E-state index in [1.165, 1.54) is 0 Å². The Morgan fingerprint density at radius 2 is 1.92 bits per heavy atom. The molecule has 0 aliphatic carbocycles. The fraction of sp³-hybridized carbons (Fsp3) is 0.389. The Morgan fingerprint density at radius 3 is 2.62 bits per heavy atom. The number of aromatic nitrogens is 1. The number of ether oxygens (including phenoxy) is 2. The normalized spacial score (nSPS) is 10.5. The Kier molecular flexibility index (Phi) is 7.65. The fourth-order valence-corrected chi connectivity index (χ4v) is 2.68. The van der Waals surface area contributed by atoms with Gasteiger partial charge in [0.15, 0.2) is 11.5 Å². The summed E-state index contributed by atoms with van der Waals surface area (Å²) in [5.74, 6) is 2.15. The molecule has 0 spiro atoms. The maximum atomic E-state index is 6.21. The summed E-state index contributed by atoms with van der Waals surface area (Å²) in [5, 5.41) is 7.28. The van der Waals surface area contributed by atoms with E-state index in [1.54, 1.807) is 20.4 Å². The van der Waals surface area contributed by atoms with Crippen molar-refractivity contribution >= 4 is 17.4 Å². The second-order valence-corrected chi connectivity index (χ2v) is 5.75. The van der Waals surface area contributed by atoms with Crippen LogP contribution >= 0.6 is 11.6 Å². The molecule has 0 saturated carbocycles. The van der Waals surface area contributed by atoms with Crippen LogP contribution in [0.3, 0.4) is 0 Å². The lowest BCUT2D eigenvalue weighted by atomic mass is 10.2. The molecule has 0 amide bonds. The van der Waals surface area contributed by atoms with Crippen molar-refractivity contribution < 1.29 is 9.47 Å². The summed E-state index contributed by atoms with van der Waals surface area (Å²) in [6.07, 6.45) is 3.95. The highest BCUT2D eigenvalue weighted by Gasteiger charge is 2.10. The van der Waals surface area contributed by atoms with E-state index in [9.17, 15) is 0 Å². The average Bonchev–Trinajstić information content (AvgIpc) is 2.61. The molecule has 130 valence electrons. The fourth-order valence-electron chi connectivity index (χ4n) is 2.36. The molecule has 1 heterocycles. The van der Waals surface area contributed by atoms with Crippen molar-refractivity contribution in [2.24, 2.45) is 0 Å². The van der Waals surface area contributed by atoms with Crippen molar-refractivity contribution in [1.29, 1.82) is 0 Å². The molecule has 2 rings (SSSR count). The van der Waals surface area contributed by atoms with Gasteiger partial charge in [0, 0.05) is 19.3 Å². The lowest BCUT2D eigenvalue weighted by Crippen LogP contribution is -2.16. The molecule has 0 fully saturated rings. The molecule has 0 saturated heterocycles. The van der Waals surface area contributed by atoms with E-state index in [0.29, 0.717) is 16.5 Å². The smallest absolute Gasteiger partial charge is 0.179 e. The van der Waals surface area contributed by atoms with Gasteiger partial charge in [-0.15, -0.1) is 0 Å². The first kappa shape index (κ1) is 18.4. The minimum absolute atomic E-state index is 0.563. The third-order valence-electron chi connectivity index (χ3n) is 3.57. The van der Waals surface area contributed by atoms with Gasteiger partial charge in [-0.1, -0.05) is 17.7 Å². The zero-order valence-corrected chi connectivity index (χ0v) is 14.9. The predicted molar refractivity (Wildman–Crippen MR) is 98.2 cm³/mol. The van der Waals surface area contributed by atoms with Crippen LogP contribution in [0.15, 0.2) is 36.5 Å². The van der Waals surface area contributed by atoms with Crippen LogP contribution in [0.25, 0.3) is 0 Å². The van der Waals surface area contributed by atoms with E-state index in [2.05, 4.69) is 15.6 Å². The van der Waals surface area contributed by atoms with E-state index in [-0.39, 0.29) is 0 Å². The van der Waals surface area contributed by atoms with Crippen LogP contribution in [0.5, 0.6) is 11.5 Å². The number of rotatable bonds is 10. The molecule has 0 unspecified atom stereocenters. The average molecular weight is 350 g/mol. The van der Waals surface area contributed by atoms with Crippen LogP contribution in [-0.4, -0.2) is 32.3 Å². The van der Waals surface area contributed by atoms with Crippen molar-refractivity contribution in [3.8, 4) is 11.5 Å². The van der Waals surface area contributed by atoms with E-state index in [4.69, 9.17) is 21.1 Å². The number of nitrogens with zero attached hydrogens (tertiary/aromatic N) is 1. The van der Waals surface area contributed by atoms with Gasteiger partial charge in [0.1, 0.15) is 5.82 Å². The van der Waals surface area contributed by atoms with Crippen molar-refractivity contribution in [1.82, 2.24) is 10.3 Å². The molecule has 1 aromatic carbocycles. The molecule has 0 bridgehead atoms. The highest BCUT2D eigenvalue weighted by atomic mass is 35.5. The quantitative estimate of drug-likeness (QED) is 0.640.